The maximum atomic E-state index is 14.0. The monoisotopic (exact) mass is 416 g/mol. The first-order chi connectivity index (χ1) is 13.9. The molecule has 2 heterocycles. The van der Waals surface area contributed by atoms with E-state index < -0.39 is 15.8 Å². The van der Waals surface area contributed by atoms with Gasteiger partial charge in [-0.3, -0.25) is 9.69 Å². The minimum Gasteiger partial charge on any atom is -0.282 e. The maximum Gasteiger partial charge on any atom is 0.275 e. The summed E-state index contributed by atoms with van der Waals surface area (Å²) in [5, 5.41) is 5.84. The van der Waals surface area contributed by atoms with Gasteiger partial charge in [0.2, 0.25) is 10.0 Å². The van der Waals surface area contributed by atoms with E-state index in [2.05, 4.69) is 5.10 Å². The molecule has 0 unspecified atom stereocenters. The Morgan fingerprint density at radius 3 is 2.28 bits per heavy atom. The number of benzene rings is 2. The lowest BCUT2D eigenvalue weighted by Gasteiger charge is -2.33. The molecular weight excluding hydrogens is 395 g/mol. The fraction of sp³-hybridized carbons (Fsp3) is 0.300. The highest BCUT2D eigenvalue weighted by molar-refractivity contribution is 7.89. The van der Waals surface area contributed by atoms with Crippen LogP contribution in [0.5, 0.6) is 0 Å². The molecular formula is C20H21FN4O3S. The summed E-state index contributed by atoms with van der Waals surface area (Å²) < 4.78 is 42.1. The normalized spacial score (nSPS) is 16.3. The molecule has 1 aliphatic rings. The smallest absolute Gasteiger partial charge is 0.275 e. The lowest BCUT2D eigenvalue weighted by molar-refractivity contribution is 0.143. The van der Waals surface area contributed by atoms with Crippen molar-refractivity contribution >= 4 is 20.8 Å². The quantitative estimate of drug-likeness (QED) is 0.648. The number of aryl methyl sites for hydroxylation is 1. The molecule has 0 bridgehead atoms. The molecule has 29 heavy (non-hydrogen) atoms. The zero-order valence-electron chi connectivity index (χ0n) is 16.0. The van der Waals surface area contributed by atoms with Crippen molar-refractivity contribution in [3.63, 3.8) is 0 Å². The molecule has 1 saturated heterocycles. The number of halogens is 1. The second-order valence-corrected chi connectivity index (χ2v) is 8.94. The fourth-order valence-corrected chi connectivity index (χ4v) is 5.08. The SMILES string of the molecule is Cc1nn(CN2CCN(S(=O)(=O)c3ccccc3F)CC2)c(=O)c2ccccc12. The Kier molecular flexibility index (Phi) is 5.20. The van der Waals surface area contributed by atoms with E-state index in [0.29, 0.717) is 18.5 Å². The van der Waals surface area contributed by atoms with Gasteiger partial charge in [-0.1, -0.05) is 30.3 Å². The van der Waals surface area contributed by atoms with Crippen molar-refractivity contribution in [2.45, 2.75) is 18.5 Å². The lowest BCUT2D eigenvalue weighted by atomic mass is 10.1. The molecule has 152 valence electrons. The molecule has 1 fully saturated rings. The van der Waals surface area contributed by atoms with Gasteiger partial charge in [0.25, 0.3) is 5.56 Å². The molecule has 1 aliphatic heterocycles. The number of hydrogen-bond donors (Lipinski definition) is 0. The van der Waals surface area contributed by atoms with Crippen LogP contribution in [-0.2, 0) is 16.7 Å². The minimum absolute atomic E-state index is 0.174. The Balaban J connectivity index is 1.50. The minimum atomic E-state index is -3.89. The van der Waals surface area contributed by atoms with E-state index in [0.717, 1.165) is 17.1 Å². The summed E-state index contributed by atoms with van der Waals surface area (Å²) in [6, 6.07) is 12.7. The highest BCUT2D eigenvalue weighted by Crippen LogP contribution is 2.20. The number of piperazine rings is 1. The van der Waals surface area contributed by atoms with Gasteiger partial charge >= 0.3 is 0 Å². The molecule has 0 spiro atoms. The van der Waals surface area contributed by atoms with Crippen LogP contribution in [0.25, 0.3) is 10.8 Å². The van der Waals surface area contributed by atoms with Crippen molar-refractivity contribution in [3.05, 3.63) is 70.4 Å². The van der Waals surface area contributed by atoms with Crippen LogP contribution in [0.2, 0.25) is 0 Å². The summed E-state index contributed by atoms with van der Waals surface area (Å²) >= 11 is 0. The Labute approximate surface area is 168 Å². The van der Waals surface area contributed by atoms with E-state index in [-0.39, 0.29) is 30.2 Å². The molecule has 0 saturated carbocycles. The van der Waals surface area contributed by atoms with Crippen LogP contribution in [-0.4, -0.2) is 53.6 Å². The molecule has 9 heteroatoms. The van der Waals surface area contributed by atoms with Gasteiger partial charge in [-0.2, -0.15) is 9.40 Å². The van der Waals surface area contributed by atoms with Crippen molar-refractivity contribution < 1.29 is 12.8 Å². The largest absolute Gasteiger partial charge is 0.282 e. The summed E-state index contributed by atoms with van der Waals surface area (Å²) in [5.74, 6) is -0.752. The van der Waals surface area contributed by atoms with Crippen LogP contribution in [0.3, 0.4) is 0 Å². The first kappa shape index (κ1) is 19.7. The molecule has 3 aromatic rings. The Hall–Kier alpha value is -2.62. The number of rotatable bonds is 4. The molecule has 7 nitrogen and oxygen atoms in total. The number of nitrogens with zero attached hydrogens (tertiary/aromatic N) is 4. The highest BCUT2D eigenvalue weighted by atomic mass is 32.2. The fourth-order valence-electron chi connectivity index (χ4n) is 3.59. The van der Waals surface area contributed by atoms with Crippen molar-refractivity contribution in [1.29, 1.82) is 0 Å². The van der Waals surface area contributed by atoms with Gasteiger partial charge in [-0.25, -0.2) is 17.5 Å². The van der Waals surface area contributed by atoms with E-state index in [1.165, 1.54) is 27.2 Å². The summed E-state index contributed by atoms with van der Waals surface area (Å²) in [7, 11) is -3.89. The van der Waals surface area contributed by atoms with E-state index in [9.17, 15) is 17.6 Å². The predicted octanol–water partition coefficient (Wildman–Crippen LogP) is 1.81. The Bertz CT molecular complexity index is 1220. The Morgan fingerprint density at radius 1 is 0.966 bits per heavy atom. The molecule has 0 N–H and O–H groups in total. The third kappa shape index (κ3) is 3.68. The standard InChI is InChI=1S/C20H21FN4O3S/c1-15-16-6-2-3-7-17(16)20(26)25(22-15)14-23-10-12-24(13-11-23)29(27,28)19-9-5-4-8-18(19)21/h2-9H,10-14H2,1H3. The second-order valence-electron chi connectivity index (χ2n) is 7.03. The van der Waals surface area contributed by atoms with Crippen molar-refractivity contribution in [3.8, 4) is 0 Å². The van der Waals surface area contributed by atoms with Crippen LogP contribution in [0.15, 0.2) is 58.2 Å². The van der Waals surface area contributed by atoms with E-state index in [4.69, 9.17) is 0 Å². The second kappa shape index (κ2) is 7.66. The lowest BCUT2D eigenvalue weighted by Crippen LogP contribution is -2.50. The van der Waals surface area contributed by atoms with Crippen molar-refractivity contribution in [1.82, 2.24) is 19.0 Å². The van der Waals surface area contributed by atoms with E-state index >= 15 is 0 Å². The molecule has 2 aromatic carbocycles. The predicted molar refractivity (Wildman–Crippen MR) is 107 cm³/mol. The topological polar surface area (TPSA) is 75.5 Å². The van der Waals surface area contributed by atoms with Crippen LogP contribution in [0.1, 0.15) is 5.69 Å². The summed E-state index contributed by atoms with van der Waals surface area (Å²) in [6.07, 6.45) is 0. The molecule has 4 rings (SSSR count). The molecule has 1 aromatic heterocycles. The molecule has 0 atom stereocenters. The van der Waals surface area contributed by atoms with Crippen LogP contribution in [0.4, 0.5) is 4.39 Å². The van der Waals surface area contributed by atoms with E-state index in [1.807, 2.05) is 30.0 Å². The first-order valence-electron chi connectivity index (χ1n) is 9.31. The van der Waals surface area contributed by atoms with Gasteiger partial charge < -0.3 is 0 Å². The Morgan fingerprint density at radius 2 is 1.59 bits per heavy atom. The average Bonchev–Trinajstić information content (AvgIpc) is 2.72. The molecule has 0 aliphatic carbocycles. The first-order valence-corrected chi connectivity index (χ1v) is 10.8. The van der Waals surface area contributed by atoms with Gasteiger partial charge in [-0.15, -0.1) is 0 Å². The molecule has 0 radical (unpaired) electrons. The van der Waals surface area contributed by atoms with Gasteiger partial charge in [-0.05, 0) is 25.1 Å². The zero-order valence-corrected chi connectivity index (χ0v) is 16.8. The number of hydrogen-bond acceptors (Lipinski definition) is 5. The summed E-state index contributed by atoms with van der Waals surface area (Å²) in [5.41, 5.74) is 0.591. The van der Waals surface area contributed by atoms with Crippen LogP contribution in [0, 0.1) is 12.7 Å². The van der Waals surface area contributed by atoms with Crippen molar-refractivity contribution in [2.75, 3.05) is 26.2 Å². The molecule has 0 amide bonds. The van der Waals surface area contributed by atoms with Gasteiger partial charge in [0.1, 0.15) is 10.7 Å². The number of fused-ring (bicyclic) bond motifs is 1. The number of aromatic nitrogens is 2. The van der Waals surface area contributed by atoms with Gasteiger partial charge in [0.15, 0.2) is 0 Å². The van der Waals surface area contributed by atoms with Crippen molar-refractivity contribution in [2.24, 2.45) is 0 Å². The average molecular weight is 416 g/mol. The summed E-state index contributed by atoms with van der Waals surface area (Å²) in [4.78, 5) is 14.4. The van der Waals surface area contributed by atoms with Gasteiger partial charge in [0, 0.05) is 31.6 Å². The summed E-state index contributed by atoms with van der Waals surface area (Å²) in [6.45, 7) is 3.42. The number of sulfonamides is 1. The van der Waals surface area contributed by atoms with Crippen LogP contribution >= 0.6 is 0 Å². The third-order valence-corrected chi connectivity index (χ3v) is 7.10. The maximum absolute atomic E-state index is 14.0. The highest BCUT2D eigenvalue weighted by Gasteiger charge is 2.30. The van der Waals surface area contributed by atoms with Gasteiger partial charge in [0.05, 0.1) is 17.7 Å². The third-order valence-electron chi connectivity index (χ3n) is 5.17. The van der Waals surface area contributed by atoms with E-state index in [1.54, 1.807) is 6.07 Å². The zero-order chi connectivity index (χ0) is 20.6. The van der Waals surface area contributed by atoms with Crippen LogP contribution < -0.4 is 5.56 Å².